The second kappa shape index (κ2) is 5.81. The number of allylic oxidation sites excluding steroid dienone is 4. The summed E-state index contributed by atoms with van der Waals surface area (Å²) in [6.07, 6.45) is 11.1. The Labute approximate surface area is 149 Å². The molecule has 2 heterocycles. The first-order chi connectivity index (χ1) is 12.9. The average Bonchev–Trinajstić information content (AvgIpc) is 3.13. The molecule has 0 unspecified atom stereocenters. The number of nitrogens with one attached hydrogen (secondary N) is 1. The molecule has 1 N–H and O–H groups in total. The number of amides is 1. The molecule has 0 saturated heterocycles. The van der Waals surface area contributed by atoms with Crippen LogP contribution < -0.4 is 5.32 Å². The van der Waals surface area contributed by atoms with E-state index in [2.05, 4.69) is 28.6 Å². The number of hydrogen-bond acceptors (Lipinski definition) is 3. The fourth-order valence-electron chi connectivity index (χ4n) is 3.65. The summed E-state index contributed by atoms with van der Waals surface area (Å²) in [5.41, 5.74) is 4.47. The highest BCUT2D eigenvalue weighted by atomic mass is 16.1. The molecule has 2 aromatic carbocycles. The number of benzene rings is 2. The van der Waals surface area contributed by atoms with Crippen LogP contribution in [-0.2, 0) is 4.79 Å². The number of hydrogen-bond donors (Lipinski definition) is 1. The van der Waals surface area contributed by atoms with Gasteiger partial charge in [-0.3, -0.25) is 4.79 Å². The summed E-state index contributed by atoms with van der Waals surface area (Å²) in [7, 11) is 0. The van der Waals surface area contributed by atoms with Crippen LogP contribution in [0.15, 0.2) is 60.8 Å². The number of carbonyl (C=O) groups excluding carboxylic acids is 1. The van der Waals surface area contributed by atoms with Crippen molar-refractivity contribution in [3.05, 3.63) is 60.8 Å². The highest BCUT2D eigenvalue weighted by Crippen LogP contribution is 2.36. The maximum Gasteiger partial charge on any atom is 0.211 e. The quantitative estimate of drug-likeness (QED) is 0.441. The van der Waals surface area contributed by atoms with Crippen molar-refractivity contribution in [1.82, 2.24) is 14.8 Å². The molecule has 4 aromatic rings. The first-order valence-electron chi connectivity index (χ1n) is 8.63. The molecule has 5 heteroatoms. The average molecular weight is 340 g/mol. The van der Waals surface area contributed by atoms with Gasteiger partial charge in [-0.25, -0.2) is 9.67 Å². The summed E-state index contributed by atoms with van der Waals surface area (Å²) < 4.78 is 1.94. The number of carbonyl (C=O) groups is 1. The van der Waals surface area contributed by atoms with Crippen LogP contribution in [0.5, 0.6) is 0 Å². The minimum Gasteiger partial charge on any atom is -0.327 e. The molecule has 26 heavy (non-hydrogen) atoms. The van der Waals surface area contributed by atoms with Crippen LogP contribution >= 0.6 is 0 Å². The zero-order chi connectivity index (χ0) is 17.5. The maximum absolute atomic E-state index is 11.3. The highest BCUT2D eigenvalue weighted by molar-refractivity contribution is 6.19. The van der Waals surface area contributed by atoms with Gasteiger partial charge in [0, 0.05) is 10.8 Å². The van der Waals surface area contributed by atoms with Gasteiger partial charge in [-0.15, -0.1) is 0 Å². The standard InChI is InChI=1S/C21H16N4O/c26-13-22-20-16-8-4-5-9-17(16)24-18-11-10-14-12-23-25(21(14)19(18)20)15-6-2-1-3-7-15/h2,4-13H,1,3H2,(H,22,24,26). The summed E-state index contributed by atoms with van der Waals surface area (Å²) in [4.78, 5) is 16.1. The summed E-state index contributed by atoms with van der Waals surface area (Å²) in [6, 6.07) is 11.9. The van der Waals surface area contributed by atoms with Gasteiger partial charge in [0.1, 0.15) is 0 Å². The van der Waals surface area contributed by atoms with E-state index in [1.165, 1.54) is 0 Å². The SMILES string of the molecule is O=CNc1c2ccccc2nc2ccc3cnn(C4=CCCC=C4)c3c12. The second-order valence-corrected chi connectivity index (χ2v) is 6.33. The van der Waals surface area contributed by atoms with E-state index in [1.807, 2.05) is 47.3 Å². The van der Waals surface area contributed by atoms with Gasteiger partial charge in [-0.1, -0.05) is 30.4 Å². The van der Waals surface area contributed by atoms with Crippen molar-refractivity contribution >= 4 is 50.5 Å². The van der Waals surface area contributed by atoms with Crippen molar-refractivity contribution in [2.75, 3.05) is 5.32 Å². The molecule has 0 fully saturated rings. The minimum atomic E-state index is 0.723. The van der Waals surface area contributed by atoms with Crippen LogP contribution in [0.1, 0.15) is 12.8 Å². The normalized spacial score (nSPS) is 14.1. The molecule has 1 amide bonds. The van der Waals surface area contributed by atoms with Crippen molar-refractivity contribution in [2.24, 2.45) is 0 Å². The Balaban J connectivity index is 1.96. The van der Waals surface area contributed by atoms with Gasteiger partial charge in [0.15, 0.2) is 0 Å². The Bertz CT molecular complexity index is 1230. The topological polar surface area (TPSA) is 59.8 Å². The fourth-order valence-corrected chi connectivity index (χ4v) is 3.65. The van der Waals surface area contributed by atoms with Crippen LogP contribution in [0, 0.1) is 0 Å². The summed E-state index contributed by atoms with van der Waals surface area (Å²) in [5, 5.41) is 10.4. The zero-order valence-electron chi connectivity index (χ0n) is 14.0. The number of fused-ring (bicyclic) bond motifs is 4. The Hall–Kier alpha value is -3.47. The van der Waals surface area contributed by atoms with Crippen molar-refractivity contribution in [1.29, 1.82) is 0 Å². The van der Waals surface area contributed by atoms with E-state index in [0.29, 0.717) is 0 Å². The van der Waals surface area contributed by atoms with Gasteiger partial charge in [0.2, 0.25) is 6.41 Å². The Morgan fingerprint density at radius 1 is 1.08 bits per heavy atom. The van der Waals surface area contributed by atoms with Crippen molar-refractivity contribution in [3.63, 3.8) is 0 Å². The van der Waals surface area contributed by atoms with Crippen molar-refractivity contribution < 1.29 is 4.79 Å². The molecule has 5 nitrogen and oxygen atoms in total. The van der Waals surface area contributed by atoms with E-state index < -0.39 is 0 Å². The Kier molecular flexibility index (Phi) is 3.31. The number of aromatic nitrogens is 3. The predicted molar refractivity (Wildman–Crippen MR) is 105 cm³/mol. The van der Waals surface area contributed by atoms with E-state index in [1.54, 1.807) is 0 Å². The molecular weight excluding hydrogens is 324 g/mol. The van der Waals surface area contributed by atoms with Gasteiger partial charge in [0.25, 0.3) is 0 Å². The molecule has 126 valence electrons. The lowest BCUT2D eigenvalue weighted by Gasteiger charge is -2.14. The van der Waals surface area contributed by atoms with Crippen LogP contribution in [0.3, 0.4) is 0 Å². The van der Waals surface area contributed by atoms with E-state index in [0.717, 1.165) is 63.3 Å². The lowest BCUT2D eigenvalue weighted by Crippen LogP contribution is -2.02. The first kappa shape index (κ1) is 14.8. The van der Waals surface area contributed by atoms with Gasteiger partial charge in [0.05, 0.1) is 39.5 Å². The molecule has 5 rings (SSSR count). The maximum atomic E-state index is 11.3. The third kappa shape index (κ3) is 2.14. The largest absolute Gasteiger partial charge is 0.327 e. The lowest BCUT2D eigenvalue weighted by molar-refractivity contribution is -0.105. The summed E-state index contributed by atoms with van der Waals surface area (Å²) in [5.74, 6) is 0. The zero-order valence-corrected chi connectivity index (χ0v) is 14.0. The van der Waals surface area contributed by atoms with Crippen LogP contribution in [-0.4, -0.2) is 21.2 Å². The highest BCUT2D eigenvalue weighted by Gasteiger charge is 2.16. The molecular formula is C21H16N4O. The molecule has 0 saturated carbocycles. The molecule has 2 aromatic heterocycles. The number of para-hydroxylation sites is 1. The van der Waals surface area contributed by atoms with Crippen molar-refractivity contribution in [2.45, 2.75) is 12.8 Å². The van der Waals surface area contributed by atoms with Crippen molar-refractivity contribution in [3.8, 4) is 0 Å². The van der Waals surface area contributed by atoms with E-state index in [9.17, 15) is 4.79 Å². The molecule has 0 radical (unpaired) electrons. The Morgan fingerprint density at radius 2 is 2.00 bits per heavy atom. The summed E-state index contributed by atoms with van der Waals surface area (Å²) in [6.45, 7) is 0. The number of anilines is 1. The van der Waals surface area contributed by atoms with Gasteiger partial charge in [-0.05, 0) is 37.1 Å². The van der Waals surface area contributed by atoms with Crippen LogP contribution in [0.2, 0.25) is 0 Å². The third-order valence-corrected chi connectivity index (χ3v) is 4.80. The minimum absolute atomic E-state index is 0.723. The lowest BCUT2D eigenvalue weighted by atomic mass is 10.0. The fraction of sp³-hybridized carbons (Fsp3) is 0.0952. The summed E-state index contributed by atoms with van der Waals surface area (Å²) >= 11 is 0. The molecule has 1 aliphatic carbocycles. The van der Waals surface area contributed by atoms with Crippen LogP contribution in [0.4, 0.5) is 5.69 Å². The van der Waals surface area contributed by atoms with E-state index >= 15 is 0 Å². The molecule has 0 atom stereocenters. The van der Waals surface area contributed by atoms with Gasteiger partial charge in [-0.2, -0.15) is 5.10 Å². The monoisotopic (exact) mass is 340 g/mol. The van der Waals surface area contributed by atoms with E-state index in [-0.39, 0.29) is 0 Å². The van der Waals surface area contributed by atoms with Gasteiger partial charge >= 0.3 is 0 Å². The van der Waals surface area contributed by atoms with Gasteiger partial charge < -0.3 is 5.32 Å². The molecule has 0 spiro atoms. The molecule has 1 aliphatic rings. The predicted octanol–water partition coefficient (Wildman–Crippen LogP) is 4.50. The molecule has 0 aliphatic heterocycles. The van der Waals surface area contributed by atoms with E-state index in [4.69, 9.17) is 4.98 Å². The smallest absolute Gasteiger partial charge is 0.211 e. The first-order valence-corrected chi connectivity index (χ1v) is 8.63. The van der Waals surface area contributed by atoms with Crippen LogP contribution in [0.25, 0.3) is 38.4 Å². The number of pyridine rings is 1. The number of nitrogens with zero attached hydrogens (tertiary/aromatic N) is 3. The third-order valence-electron chi connectivity index (χ3n) is 4.80. The molecule has 0 bridgehead atoms. The number of rotatable bonds is 3. The second-order valence-electron chi connectivity index (χ2n) is 6.33. The Morgan fingerprint density at radius 3 is 2.85 bits per heavy atom.